The molecule has 3 amide bonds. The van der Waals surface area contributed by atoms with Crippen LogP contribution in [0.15, 0.2) is 40.6 Å². The molecule has 1 saturated heterocycles. The van der Waals surface area contributed by atoms with Crippen LogP contribution in [0.5, 0.6) is 0 Å². The zero-order valence-corrected chi connectivity index (χ0v) is 14.7. The van der Waals surface area contributed by atoms with Crippen LogP contribution in [-0.2, 0) is 9.59 Å². The van der Waals surface area contributed by atoms with Crippen molar-refractivity contribution in [3.63, 3.8) is 0 Å². The van der Waals surface area contributed by atoms with Crippen molar-refractivity contribution in [1.82, 2.24) is 4.90 Å². The number of para-hydroxylation sites is 1. The molecule has 128 valence electrons. The van der Waals surface area contributed by atoms with Crippen molar-refractivity contribution in [2.45, 2.75) is 6.92 Å². The molecule has 0 saturated carbocycles. The van der Waals surface area contributed by atoms with Gasteiger partial charge in [-0.3, -0.25) is 19.3 Å². The van der Waals surface area contributed by atoms with Crippen molar-refractivity contribution in [1.29, 1.82) is 0 Å². The second kappa shape index (κ2) is 7.20. The molecule has 1 aromatic carbocycles. The fourth-order valence-corrected chi connectivity index (χ4v) is 3.94. The number of thioether (sulfide) groups is 1. The van der Waals surface area contributed by atoms with E-state index >= 15 is 0 Å². The topological polar surface area (TPSA) is 66.5 Å². The fraction of sp³-hybridized carbons (Fsp3) is 0.118. The zero-order chi connectivity index (χ0) is 18.0. The molecule has 1 aliphatic rings. The van der Waals surface area contributed by atoms with Gasteiger partial charge < -0.3 is 5.32 Å². The number of hydrogen-bond acceptors (Lipinski definition) is 5. The molecule has 5 nitrogen and oxygen atoms in total. The van der Waals surface area contributed by atoms with Crippen molar-refractivity contribution in [2.75, 3.05) is 11.9 Å². The highest BCUT2D eigenvalue weighted by Crippen LogP contribution is 2.33. The minimum absolute atomic E-state index is 0.00391. The van der Waals surface area contributed by atoms with Crippen molar-refractivity contribution >= 4 is 51.9 Å². The van der Waals surface area contributed by atoms with E-state index in [1.165, 1.54) is 29.5 Å². The van der Waals surface area contributed by atoms with Crippen LogP contribution in [0.1, 0.15) is 10.4 Å². The molecule has 3 rings (SSSR count). The number of imide groups is 1. The molecular weight excluding hydrogens is 363 g/mol. The van der Waals surface area contributed by atoms with Crippen LogP contribution in [0.3, 0.4) is 0 Å². The number of anilines is 1. The number of benzene rings is 1. The molecule has 0 spiro atoms. The first-order valence-electron chi connectivity index (χ1n) is 7.29. The van der Waals surface area contributed by atoms with Gasteiger partial charge in [-0.25, -0.2) is 4.39 Å². The normalized spacial score (nSPS) is 15.9. The van der Waals surface area contributed by atoms with Gasteiger partial charge in [0.2, 0.25) is 5.91 Å². The Balaban J connectivity index is 1.71. The molecule has 1 fully saturated rings. The highest BCUT2D eigenvalue weighted by atomic mass is 32.2. The molecule has 25 heavy (non-hydrogen) atoms. The summed E-state index contributed by atoms with van der Waals surface area (Å²) < 4.78 is 13.6. The number of hydrogen-bond donors (Lipinski definition) is 1. The maximum Gasteiger partial charge on any atom is 0.294 e. The molecule has 0 unspecified atom stereocenters. The van der Waals surface area contributed by atoms with E-state index in [2.05, 4.69) is 5.32 Å². The predicted octanol–water partition coefficient (Wildman–Crippen LogP) is 3.87. The first-order valence-corrected chi connectivity index (χ1v) is 8.99. The largest absolute Gasteiger partial charge is 0.322 e. The molecule has 0 atom stereocenters. The van der Waals surface area contributed by atoms with Gasteiger partial charge >= 0.3 is 0 Å². The van der Waals surface area contributed by atoms with Crippen molar-refractivity contribution < 1.29 is 18.8 Å². The summed E-state index contributed by atoms with van der Waals surface area (Å²) in [7, 11) is 0. The van der Waals surface area contributed by atoms with E-state index < -0.39 is 29.4 Å². The molecule has 1 aliphatic heterocycles. The first kappa shape index (κ1) is 17.4. The van der Waals surface area contributed by atoms with E-state index in [9.17, 15) is 18.8 Å². The molecule has 0 radical (unpaired) electrons. The molecule has 0 bridgehead atoms. The Morgan fingerprint density at radius 1 is 1.28 bits per heavy atom. The monoisotopic (exact) mass is 376 g/mol. The third-order valence-corrected chi connectivity index (χ3v) is 5.36. The van der Waals surface area contributed by atoms with Gasteiger partial charge in [-0.2, -0.15) is 0 Å². The van der Waals surface area contributed by atoms with Gasteiger partial charge in [0, 0.05) is 4.88 Å². The Morgan fingerprint density at radius 3 is 2.72 bits per heavy atom. The van der Waals surface area contributed by atoms with E-state index in [1.54, 1.807) is 12.1 Å². The highest BCUT2D eigenvalue weighted by molar-refractivity contribution is 8.18. The first-order chi connectivity index (χ1) is 12.0. The Kier molecular flexibility index (Phi) is 5.00. The number of rotatable bonds is 4. The summed E-state index contributed by atoms with van der Waals surface area (Å²) in [5, 5.41) is 3.74. The molecular formula is C17H13FN2O3S2. The van der Waals surface area contributed by atoms with E-state index in [-0.39, 0.29) is 10.6 Å². The van der Waals surface area contributed by atoms with Crippen molar-refractivity contribution in [3.8, 4) is 0 Å². The van der Waals surface area contributed by atoms with Gasteiger partial charge in [0.1, 0.15) is 12.4 Å². The van der Waals surface area contributed by atoms with Gasteiger partial charge in [-0.05, 0) is 53.9 Å². The van der Waals surface area contributed by atoms with Gasteiger partial charge in [0.05, 0.1) is 10.6 Å². The second-order valence-electron chi connectivity index (χ2n) is 5.26. The smallest absolute Gasteiger partial charge is 0.294 e. The summed E-state index contributed by atoms with van der Waals surface area (Å²) in [5.41, 5.74) is 1.01. The van der Waals surface area contributed by atoms with Crippen LogP contribution >= 0.6 is 23.1 Å². The lowest BCUT2D eigenvalue weighted by atomic mass is 10.2. The van der Waals surface area contributed by atoms with Crippen LogP contribution in [0, 0.1) is 12.7 Å². The Morgan fingerprint density at radius 2 is 2.04 bits per heavy atom. The van der Waals surface area contributed by atoms with E-state index in [1.807, 2.05) is 18.4 Å². The quantitative estimate of drug-likeness (QED) is 0.823. The summed E-state index contributed by atoms with van der Waals surface area (Å²) in [4.78, 5) is 38.5. The molecule has 2 aromatic rings. The van der Waals surface area contributed by atoms with Gasteiger partial charge in [0.25, 0.3) is 11.1 Å². The number of carbonyl (C=O) groups is 3. The van der Waals surface area contributed by atoms with Crippen LogP contribution in [0.2, 0.25) is 0 Å². The van der Waals surface area contributed by atoms with Gasteiger partial charge in [0.15, 0.2) is 0 Å². The predicted molar refractivity (Wildman–Crippen MR) is 96.8 cm³/mol. The summed E-state index contributed by atoms with van der Waals surface area (Å²) in [6, 6.07) is 7.61. The van der Waals surface area contributed by atoms with Crippen molar-refractivity contribution in [2.24, 2.45) is 0 Å². The maximum atomic E-state index is 13.6. The van der Waals surface area contributed by atoms with Crippen LogP contribution in [0.4, 0.5) is 14.9 Å². The molecule has 8 heteroatoms. The Bertz CT molecular complexity index is 892. The Hall–Kier alpha value is -2.45. The third-order valence-electron chi connectivity index (χ3n) is 3.49. The minimum atomic E-state index is -0.638. The average Bonchev–Trinajstić information content (AvgIpc) is 3.08. The summed E-state index contributed by atoms with van der Waals surface area (Å²) in [6.45, 7) is 1.45. The highest BCUT2D eigenvalue weighted by Gasteiger charge is 2.36. The van der Waals surface area contributed by atoms with Crippen LogP contribution < -0.4 is 5.32 Å². The number of carbonyl (C=O) groups excluding carboxylic acids is 3. The van der Waals surface area contributed by atoms with Gasteiger partial charge in [-0.15, -0.1) is 11.3 Å². The number of nitrogens with one attached hydrogen (secondary N) is 1. The lowest BCUT2D eigenvalue weighted by molar-refractivity contribution is -0.127. The lowest BCUT2D eigenvalue weighted by Crippen LogP contribution is -2.36. The number of thiophene rings is 1. The van der Waals surface area contributed by atoms with Crippen LogP contribution in [-0.4, -0.2) is 28.5 Å². The number of nitrogens with zero attached hydrogens (tertiary/aromatic N) is 1. The molecule has 2 heterocycles. The summed E-state index contributed by atoms with van der Waals surface area (Å²) >= 11 is 2.26. The SMILES string of the molecule is Cc1ccsc1/C=C1\SC(=O)N(CC(=O)Nc2ccccc2F)C1=O. The van der Waals surface area contributed by atoms with E-state index in [4.69, 9.17) is 0 Å². The molecule has 1 aromatic heterocycles. The average molecular weight is 376 g/mol. The maximum absolute atomic E-state index is 13.6. The van der Waals surface area contributed by atoms with Gasteiger partial charge in [-0.1, -0.05) is 12.1 Å². The van der Waals surface area contributed by atoms with Crippen molar-refractivity contribution in [3.05, 3.63) is 56.9 Å². The number of amides is 3. The van der Waals surface area contributed by atoms with E-state index in [0.29, 0.717) is 0 Å². The zero-order valence-electron chi connectivity index (χ0n) is 13.1. The second-order valence-corrected chi connectivity index (χ2v) is 7.20. The molecule has 0 aliphatic carbocycles. The third kappa shape index (κ3) is 3.80. The summed E-state index contributed by atoms with van der Waals surface area (Å²) in [6.07, 6.45) is 1.65. The molecule has 1 N–H and O–H groups in total. The fourth-order valence-electron chi connectivity index (χ4n) is 2.18. The number of halogens is 1. The lowest BCUT2D eigenvalue weighted by Gasteiger charge is -2.12. The standard InChI is InChI=1S/C17H13FN2O3S2/c1-10-6-7-24-13(10)8-14-16(22)20(17(23)25-14)9-15(21)19-12-5-3-2-4-11(12)18/h2-8H,9H2,1H3,(H,19,21)/b14-8-. The van der Waals surface area contributed by atoms with E-state index in [0.717, 1.165) is 27.1 Å². The van der Waals surface area contributed by atoms with Crippen LogP contribution in [0.25, 0.3) is 6.08 Å². The Labute approximate surface area is 151 Å². The summed E-state index contributed by atoms with van der Waals surface area (Å²) in [5.74, 6) is -1.74. The number of aryl methyl sites for hydroxylation is 1. The minimum Gasteiger partial charge on any atom is -0.322 e.